The number of hydrogen-bond acceptors (Lipinski definition) is 6. The van der Waals surface area contributed by atoms with E-state index in [1.165, 1.54) is 37.3 Å². The zero-order chi connectivity index (χ0) is 19.3. The van der Waals surface area contributed by atoms with Crippen molar-refractivity contribution < 1.29 is 21.8 Å². The second-order valence-electron chi connectivity index (χ2n) is 5.87. The van der Waals surface area contributed by atoms with Crippen molar-refractivity contribution in [2.24, 2.45) is 5.14 Å². The lowest BCUT2D eigenvalue weighted by atomic mass is 10.2. The van der Waals surface area contributed by atoms with Crippen molar-refractivity contribution >= 4 is 31.4 Å². The molecule has 26 heavy (non-hydrogen) atoms. The van der Waals surface area contributed by atoms with E-state index in [0.29, 0.717) is 23.2 Å². The Morgan fingerprint density at radius 2 is 1.73 bits per heavy atom. The summed E-state index contributed by atoms with van der Waals surface area (Å²) >= 11 is 0. The molecule has 1 aliphatic rings. The van der Waals surface area contributed by atoms with E-state index in [9.17, 15) is 26.9 Å². The molecule has 3 rings (SSSR count). The van der Waals surface area contributed by atoms with Gasteiger partial charge >= 0.3 is 0 Å². The summed E-state index contributed by atoms with van der Waals surface area (Å²) in [5.41, 5.74) is 0.936. The molecule has 0 amide bonds. The topological polar surface area (TPSA) is 141 Å². The molecule has 0 radical (unpaired) electrons. The van der Waals surface area contributed by atoms with Crippen LogP contribution < -0.4 is 9.44 Å². The fraction of sp³-hybridized carbons (Fsp3) is 0.200. The lowest BCUT2D eigenvalue weighted by Crippen LogP contribution is -2.29. The van der Waals surface area contributed by atoms with E-state index < -0.39 is 25.0 Å². The van der Waals surface area contributed by atoms with Gasteiger partial charge in [0.2, 0.25) is 10.0 Å². The van der Waals surface area contributed by atoms with Gasteiger partial charge in [-0.2, -0.15) is 0 Å². The standard InChI is InChI=1S/C15H15N3O6S2/c1-10-2-3-13(9-15(10)18(19)20)26(23,24)17-7-6-11-8-12(25(16,21)22)4-5-14(11)17/h2-5,8-9H,6-7H2,1H3,(H2,16,21,22). The largest absolute Gasteiger partial charge is 0.273 e. The number of hydrogen-bond donors (Lipinski definition) is 1. The molecule has 2 aromatic carbocycles. The summed E-state index contributed by atoms with van der Waals surface area (Å²) in [4.78, 5) is 10.2. The first-order chi connectivity index (χ1) is 12.0. The van der Waals surface area contributed by atoms with Gasteiger partial charge in [0.25, 0.3) is 15.7 Å². The van der Waals surface area contributed by atoms with Gasteiger partial charge in [-0.05, 0) is 43.2 Å². The minimum absolute atomic E-state index is 0.0959. The molecule has 0 bridgehead atoms. The molecular weight excluding hydrogens is 382 g/mol. The number of nitrogens with two attached hydrogens (primary N) is 1. The molecule has 0 aromatic heterocycles. The Balaban J connectivity index is 2.07. The molecule has 0 saturated carbocycles. The van der Waals surface area contributed by atoms with Crippen LogP contribution >= 0.6 is 0 Å². The van der Waals surface area contributed by atoms with E-state index in [4.69, 9.17) is 5.14 Å². The second-order valence-corrected chi connectivity index (χ2v) is 9.29. The number of nitro benzene ring substituents is 1. The fourth-order valence-electron chi connectivity index (χ4n) is 2.85. The van der Waals surface area contributed by atoms with Crippen LogP contribution in [-0.2, 0) is 26.5 Å². The first kappa shape index (κ1) is 18.3. The van der Waals surface area contributed by atoms with E-state index in [-0.39, 0.29) is 22.0 Å². The van der Waals surface area contributed by atoms with Gasteiger partial charge in [-0.1, -0.05) is 6.07 Å². The second kappa shape index (κ2) is 6.04. The van der Waals surface area contributed by atoms with Crippen molar-refractivity contribution in [2.45, 2.75) is 23.1 Å². The third-order valence-electron chi connectivity index (χ3n) is 4.20. The minimum atomic E-state index is -4.03. The number of aryl methyl sites for hydroxylation is 1. The summed E-state index contributed by atoms with van der Waals surface area (Å²) < 4.78 is 49.9. The molecule has 0 atom stereocenters. The molecule has 9 nitrogen and oxygen atoms in total. The Hall–Kier alpha value is -2.50. The smallest absolute Gasteiger partial charge is 0.266 e. The number of sulfonamides is 2. The quantitative estimate of drug-likeness (QED) is 0.609. The highest BCUT2D eigenvalue weighted by molar-refractivity contribution is 7.92. The predicted octanol–water partition coefficient (Wildman–Crippen LogP) is 1.30. The van der Waals surface area contributed by atoms with Crippen LogP contribution in [-0.4, -0.2) is 28.3 Å². The molecule has 138 valence electrons. The first-order valence-electron chi connectivity index (χ1n) is 7.45. The van der Waals surface area contributed by atoms with E-state index in [2.05, 4.69) is 0 Å². The summed E-state index contributed by atoms with van der Waals surface area (Å²) in [7, 11) is -7.92. The number of primary sulfonamides is 1. The van der Waals surface area contributed by atoms with Crippen molar-refractivity contribution in [3.8, 4) is 0 Å². The monoisotopic (exact) mass is 397 g/mol. The highest BCUT2D eigenvalue weighted by Gasteiger charge is 2.32. The average Bonchev–Trinajstić information content (AvgIpc) is 2.97. The number of rotatable bonds is 4. The van der Waals surface area contributed by atoms with Crippen LogP contribution in [0.4, 0.5) is 11.4 Å². The highest BCUT2D eigenvalue weighted by Crippen LogP contribution is 2.35. The summed E-state index contributed by atoms with van der Waals surface area (Å²) in [5.74, 6) is 0. The Bertz CT molecular complexity index is 1130. The summed E-state index contributed by atoms with van der Waals surface area (Å²) in [6, 6.07) is 7.68. The number of nitro groups is 1. The van der Waals surface area contributed by atoms with Crippen LogP contribution in [0.1, 0.15) is 11.1 Å². The normalized spacial score (nSPS) is 14.3. The van der Waals surface area contributed by atoms with E-state index in [0.717, 1.165) is 10.4 Å². The van der Waals surface area contributed by atoms with Gasteiger partial charge in [-0.15, -0.1) is 0 Å². The molecule has 11 heteroatoms. The molecule has 0 aliphatic carbocycles. The summed E-state index contributed by atoms with van der Waals surface area (Å²) in [5, 5.41) is 16.2. The lowest BCUT2D eigenvalue weighted by Gasteiger charge is -2.19. The van der Waals surface area contributed by atoms with E-state index >= 15 is 0 Å². The summed E-state index contributed by atoms with van der Waals surface area (Å²) in [6.45, 7) is 1.63. The van der Waals surface area contributed by atoms with Crippen molar-refractivity contribution in [3.05, 3.63) is 57.6 Å². The molecule has 0 spiro atoms. The third kappa shape index (κ3) is 3.04. The number of anilines is 1. The maximum atomic E-state index is 12.9. The van der Waals surface area contributed by atoms with Crippen molar-refractivity contribution in [2.75, 3.05) is 10.8 Å². The van der Waals surface area contributed by atoms with Crippen LogP contribution in [0.3, 0.4) is 0 Å². The lowest BCUT2D eigenvalue weighted by molar-refractivity contribution is -0.385. The molecule has 2 N–H and O–H groups in total. The van der Waals surface area contributed by atoms with Crippen molar-refractivity contribution in [1.29, 1.82) is 0 Å². The van der Waals surface area contributed by atoms with E-state index in [1.54, 1.807) is 0 Å². The Morgan fingerprint density at radius 3 is 2.35 bits per heavy atom. The van der Waals surface area contributed by atoms with Crippen molar-refractivity contribution in [1.82, 2.24) is 0 Å². The van der Waals surface area contributed by atoms with Gasteiger partial charge in [-0.3, -0.25) is 14.4 Å². The molecule has 2 aromatic rings. The number of nitrogens with zero attached hydrogens (tertiary/aromatic N) is 2. The van der Waals surface area contributed by atoms with Crippen LogP contribution in [0.5, 0.6) is 0 Å². The van der Waals surface area contributed by atoms with E-state index in [1.807, 2.05) is 0 Å². The van der Waals surface area contributed by atoms with Crippen molar-refractivity contribution in [3.63, 3.8) is 0 Å². The van der Waals surface area contributed by atoms with Gasteiger partial charge in [0.15, 0.2) is 0 Å². The van der Waals surface area contributed by atoms with Crippen LogP contribution in [0.15, 0.2) is 46.2 Å². The molecule has 0 fully saturated rings. The molecule has 1 aliphatic heterocycles. The maximum absolute atomic E-state index is 12.9. The maximum Gasteiger partial charge on any atom is 0.273 e. The molecule has 0 unspecified atom stereocenters. The average molecular weight is 397 g/mol. The van der Waals surface area contributed by atoms with Gasteiger partial charge in [0.05, 0.1) is 20.4 Å². The van der Waals surface area contributed by atoms with Gasteiger partial charge in [0.1, 0.15) is 0 Å². The predicted molar refractivity (Wildman–Crippen MR) is 93.9 cm³/mol. The van der Waals surface area contributed by atoms with Crippen LogP contribution in [0, 0.1) is 17.0 Å². The molecule has 0 saturated heterocycles. The van der Waals surface area contributed by atoms with Crippen LogP contribution in [0.25, 0.3) is 0 Å². The number of fused-ring (bicyclic) bond motifs is 1. The Morgan fingerprint density at radius 1 is 1.08 bits per heavy atom. The Labute approximate surface area is 150 Å². The minimum Gasteiger partial charge on any atom is -0.266 e. The molecular formula is C15H15N3O6S2. The fourth-order valence-corrected chi connectivity index (χ4v) is 4.94. The zero-order valence-electron chi connectivity index (χ0n) is 13.6. The number of benzene rings is 2. The zero-order valence-corrected chi connectivity index (χ0v) is 15.2. The Kier molecular flexibility index (Phi) is 4.25. The highest BCUT2D eigenvalue weighted by atomic mass is 32.2. The molecule has 1 heterocycles. The van der Waals surface area contributed by atoms with Crippen LogP contribution in [0.2, 0.25) is 0 Å². The SMILES string of the molecule is Cc1ccc(S(=O)(=O)N2CCc3cc(S(N)(=O)=O)ccc32)cc1[N+](=O)[O-]. The third-order valence-corrected chi connectivity index (χ3v) is 6.92. The van der Waals surface area contributed by atoms with Gasteiger partial charge < -0.3 is 0 Å². The first-order valence-corrected chi connectivity index (χ1v) is 10.4. The van der Waals surface area contributed by atoms with Gasteiger partial charge in [0, 0.05) is 18.2 Å². The summed E-state index contributed by atoms with van der Waals surface area (Å²) in [6.07, 6.45) is 0.311. The van der Waals surface area contributed by atoms with Gasteiger partial charge in [-0.25, -0.2) is 22.0 Å².